The molecule has 0 radical (unpaired) electrons. The van der Waals surface area contributed by atoms with Gasteiger partial charge in [-0.05, 0) is 43.4 Å². The molecule has 1 aromatic heterocycles. The maximum absolute atomic E-state index is 11.8. The molecule has 1 atom stereocenters. The van der Waals surface area contributed by atoms with Gasteiger partial charge in [0.05, 0.1) is 5.52 Å². The molecule has 0 aliphatic heterocycles. The lowest BCUT2D eigenvalue weighted by Gasteiger charge is -2.09. The van der Waals surface area contributed by atoms with Gasteiger partial charge in [-0.3, -0.25) is 4.79 Å². The molecule has 0 saturated carbocycles. The third-order valence-corrected chi connectivity index (χ3v) is 3.07. The first-order valence-corrected chi connectivity index (χ1v) is 5.39. The van der Waals surface area contributed by atoms with E-state index in [1.54, 1.807) is 0 Å². The molecule has 3 heteroatoms. The van der Waals surface area contributed by atoms with Gasteiger partial charge in [-0.15, -0.1) is 0 Å². The van der Waals surface area contributed by atoms with Crippen LogP contribution >= 0.6 is 0 Å². The Hall–Kier alpha value is -1.61. The number of nitrogens with one attached hydrogen (secondary N) is 1. The first-order chi connectivity index (χ1) is 7.50. The Bertz CT molecular complexity index is 597. The van der Waals surface area contributed by atoms with Crippen LogP contribution in [0.1, 0.15) is 29.7 Å². The molecular weight excluding hydrogens is 200 g/mol. The summed E-state index contributed by atoms with van der Waals surface area (Å²) in [5.74, 6) is 0. The summed E-state index contributed by atoms with van der Waals surface area (Å²) in [7, 11) is 0. The molecule has 2 aromatic rings. The third-order valence-electron chi connectivity index (χ3n) is 3.07. The zero-order valence-electron chi connectivity index (χ0n) is 9.79. The molecule has 2 rings (SSSR count). The molecule has 1 heterocycles. The number of pyridine rings is 1. The number of aromatic nitrogens is 1. The van der Waals surface area contributed by atoms with Crippen LogP contribution in [0, 0.1) is 13.8 Å². The summed E-state index contributed by atoms with van der Waals surface area (Å²) in [5, 5.41) is 1.04. The third kappa shape index (κ3) is 1.63. The number of benzene rings is 1. The van der Waals surface area contributed by atoms with Crippen molar-refractivity contribution in [3.8, 4) is 0 Å². The topological polar surface area (TPSA) is 58.9 Å². The molecule has 0 saturated heterocycles. The van der Waals surface area contributed by atoms with Crippen LogP contribution in [-0.4, -0.2) is 4.98 Å². The van der Waals surface area contributed by atoms with Crippen LogP contribution in [0.2, 0.25) is 0 Å². The van der Waals surface area contributed by atoms with Gasteiger partial charge in [-0.1, -0.05) is 12.1 Å². The SMILES string of the molecule is Cc1ccc2cc(C(C)N)c(=O)[nH]c2c1C. The number of nitrogens with two attached hydrogens (primary N) is 1. The number of hydrogen-bond acceptors (Lipinski definition) is 2. The van der Waals surface area contributed by atoms with Gasteiger partial charge in [0.2, 0.25) is 0 Å². The van der Waals surface area contributed by atoms with E-state index in [4.69, 9.17) is 5.73 Å². The van der Waals surface area contributed by atoms with Gasteiger partial charge in [0, 0.05) is 11.6 Å². The largest absolute Gasteiger partial charge is 0.324 e. The van der Waals surface area contributed by atoms with Gasteiger partial charge >= 0.3 is 0 Å². The number of hydrogen-bond donors (Lipinski definition) is 2. The van der Waals surface area contributed by atoms with E-state index in [-0.39, 0.29) is 11.6 Å². The van der Waals surface area contributed by atoms with Crippen molar-refractivity contribution in [1.82, 2.24) is 4.98 Å². The monoisotopic (exact) mass is 216 g/mol. The maximum atomic E-state index is 11.8. The normalized spacial score (nSPS) is 13.0. The van der Waals surface area contributed by atoms with Crippen molar-refractivity contribution in [2.75, 3.05) is 0 Å². The van der Waals surface area contributed by atoms with Crippen LogP contribution in [0.3, 0.4) is 0 Å². The maximum Gasteiger partial charge on any atom is 0.253 e. The molecule has 84 valence electrons. The van der Waals surface area contributed by atoms with Crippen molar-refractivity contribution in [3.05, 3.63) is 45.2 Å². The number of aromatic amines is 1. The van der Waals surface area contributed by atoms with Crippen LogP contribution in [0.25, 0.3) is 10.9 Å². The summed E-state index contributed by atoms with van der Waals surface area (Å²) in [4.78, 5) is 14.7. The zero-order valence-corrected chi connectivity index (χ0v) is 9.79. The van der Waals surface area contributed by atoms with Gasteiger partial charge in [-0.25, -0.2) is 0 Å². The second-order valence-electron chi connectivity index (χ2n) is 4.31. The lowest BCUT2D eigenvalue weighted by Crippen LogP contribution is -2.19. The summed E-state index contributed by atoms with van der Waals surface area (Å²) in [5.41, 5.74) is 9.51. The van der Waals surface area contributed by atoms with E-state index >= 15 is 0 Å². The summed E-state index contributed by atoms with van der Waals surface area (Å²) in [6.45, 7) is 5.86. The second kappa shape index (κ2) is 3.76. The molecule has 0 amide bonds. The fourth-order valence-electron chi connectivity index (χ4n) is 1.88. The number of fused-ring (bicyclic) bond motifs is 1. The first-order valence-electron chi connectivity index (χ1n) is 5.39. The summed E-state index contributed by atoms with van der Waals surface area (Å²) < 4.78 is 0. The number of rotatable bonds is 1. The number of aryl methyl sites for hydroxylation is 2. The van der Waals surface area contributed by atoms with Gasteiger partial charge in [0.1, 0.15) is 0 Å². The number of H-pyrrole nitrogens is 1. The van der Waals surface area contributed by atoms with E-state index in [1.807, 2.05) is 32.9 Å². The minimum Gasteiger partial charge on any atom is -0.324 e. The van der Waals surface area contributed by atoms with E-state index < -0.39 is 0 Å². The first kappa shape index (κ1) is 10.9. The Morgan fingerprint density at radius 1 is 1.31 bits per heavy atom. The average molecular weight is 216 g/mol. The van der Waals surface area contributed by atoms with Crippen molar-refractivity contribution in [1.29, 1.82) is 0 Å². The summed E-state index contributed by atoms with van der Waals surface area (Å²) in [6, 6.07) is 5.71. The Kier molecular flexibility index (Phi) is 2.56. The lowest BCUT2D eigenvalue weighted by molar-refractivity contribution is 0.803. The van der Waals surface area contributed by atoms with Crippen molar-refractivity contribution < 1.29 is 0 Å². The van der Waals surface area contributed by atoms with Crippen molar-refractivity contribution in [3.63, 3.8) is 0 Å². The molecule has 1 aromatic carbocycles. The Morgan fingerprint density at radius 3 is 2.62 bits per heavy atom. The second-order valence-corrected chi connectivity index (χ2v) is 4.31. The Morgan fingerprint density at radius 2 is 2.00 bits per heavy atom. The molecule has 0 spiro atoms. The quantitative estimate of drug-likeness (QED) is 0.767. The van der Waals surface area contributed by atoms with E-state index in [0.717, 1.165) is 16.5 Å². The fourth-order valence-corrected chi connectivity index (χ4v) is 1.88. The van der Waals surface area contributed by atoms with Gasteiger partial charge in [0.15, 0.2) is 0 Å². The molecule has 16 heavy (non-hydrogen) atoms. The molecule has 3 nitrogen and oxygen atoms in total. The van der Waals surface area contributed by atoms with Crippen molar-refractivity contribution in [2.45, 2.75) is 26.8 Å². The smallest absolute Gasteiger partial charge is 0.253 e. The fraction of sp³-hybridized carbons (Fsp3) is 0.308. The minimum absolute atomic E-state index is 0.0869. The summed E-state index contributed by atoms with van der Waals surface area (Å²) >= 11 is 0. The van der Waals surface area contributed by atoms with E-state index in [1.165, 1.54) is 5.56 Å². The van der Waals surface area contributed by atoms with E-state index in [9.17, 15) is 4.79 Å². The molecule has 0 aliphatic rings. The van der Waals surface area contributed by atoms with Crippen LogP contribution in [-0.2, 0) is 0 Å². The van der Waals surface area contributed by atoms with Crippen LogP contribution in [0.5, 0.6) is 0 Å². The predicted molar refractivity (Wildman–Crippen MR) is 66.6 cm³/mol. The highest BCUT2D eigenvalue weighted by molar-refractivity contribution is 5.83. The Labute approximate surface area is 94.3 Å². The zero-order chi connectivity index (χ0) is 11.9. The molecule has 1 unspecified atom stereocenters. The summed E-state index contributed by atoms with van der Waals surface area (Å²) in [6.07, 6.45) is 0. The molecule has 0 aliphatic carbocycles. The van der Waals surface area contributed by atoms with E-state index in [2.05, 4.69) is 11.1 Å². The van der Waals surface area contributed by atoms with E-state index in [0.29, 0.717) is 5.56 Å². The Balaban J connectivity index is 2.84. The predicted octanol–water partition coefficient (Wildman–Crippen LogP) is 2.16. The van der Waals surface area contributed by atoms with Crippen LogP contribution in [0.15, 0.2) is 23.0 Å². The lowest BCUT2D eigenvalue weighted by atomic mass is 10.0. The standard InChI is InChI=1S/C13H16N2O/c1-7-4-5-10-6-11(9(3)14)13(16)15-12(10)8(7)2/h4-6,9H,14H2,1-3H3,(H,15,16). The van der Waals surface area contributed by atoms with Gasteiger partial charge < -0.3 is 10.7 Å². The minimum atomic E-state index is -0.241. The van der Waals surface area contributed by atoms with Crippen molar-refractivity contribution in [2.24, 2.45) is 5.73 Å². The highest BCUT2D eigenvalue weighted by Crippen LogP contribution is 2.20. The molecular formula is C13H16N2O. The average Bonchev–Trinajstić information content (AvgIpc) is 2.23. The van der Waals surface area contributed by atoms with Crippen LogP contribution < -0.4 is 11.3 Å². The molecule has 0 bridgehead atoms. The highest BCUT2D eigenvalue weighted by atomic mass is 16.1. The highest BCUT2D eigenvalue weighted by Gasteiger charge is 2.08. The van der Waals surface area contributed by atoms with Crippen molar-refractivity contribution >= 4 is 10.9 Å². The molecule has 3 N–H and O–H groups in total. The molecule has 0 fully saturated rings. The van der Waals surface area contributed by atoms with Crippen LogP contribution in [0.4, 0.5) is 0 Å². The van der Waals surface area contributed by atoms with Gasteiger partial charge in [-0.2, -0.15) is 0 Å². The van der Waals surface area contributed by atoms with Gasteiger partial charge in [0.25, 0.3) is 5.56 Å².